The summed E-state index contributed by atoms with van der Waals surface area (Å²) in [5.74, 6) is -0.0105. The highest BCUT2D eigenvalue weighted by Crippen LogP contribution is 2.32. The summed E-state index contributed by atoms with van der Waals surface area (Å²) in [6.07, 6.45) is 7.05. The first-order valence-electron chi connectivity index (χ1n) is 9.15. The van der Waals surface area contributed by atoms with Crippen molar-refractivity contribution in [1.29, 1.82) is 0 Å². The lowest BCUT2D eigenvalue weighted by molar-refractivity contribution is -0.117. The number of hydrogen-bond donors (Lipinski definition) is 0. The molecule has 0 N–H and O–H groups in total. The van der Waals surface area contributed by atoms with Crippen molar-refractivity contribution >= 4 is 40.1 Å². The molecule has 1 heterocycles. The van der Waals surface area contributed by atoms with Crippen molar-refractivity contribution in [3.63, 3.8) is 0 Å². The second-order valence-electron chi connectivity index (χ2n) is 6.94. The van der Waals surface area contributed by atoms with Crippen LogP contribution in [0.1, 0.15) is 45.4 Å². The summed E-state index contributed by atoms with van der Waals surface area (Å²) in [5, 5.41) is 1.27. The SMILES string of the molecule is CC(=O)N(c1ccc(Cl)cc1F)C1CSC(=NC2CCCCCC2)N1C. The lowest BCUT2D eigenvalue weighted by atomic mass is 10.1. The number of rotatable bonds is 3. The van der Waals surface area contributed by atoms with Crippen molar-refractivity contribution in [1.82, 2.24) is 4.90 Å². The zero-order valence-electron chi connectivity index (χ0n) is 15.3. The Morgan fingerprint density at radius 1 is 1.31 bits per heavy atom. The minimum absolute atomic E-state index is 0.195. The highest BCUT2D eigenvalue weighted by molar-refractivity contribution is 8.14. The Morgan fingerprint density at radius 2 is 2.00 bits per heavy atom. The van der Waals surface area contributed by atoms with Crippen LogP contribution in [0.2, 0.25) is 5.02 Å². The van der Waals surface area contributed by atoms with E-state index in [1.807, 2.05) is 11.9 Å². The molecule has 1 saturated heterocycles. The number of anilines is 1. The van der Waals surface area contributed by atoms with Crippen LogP contribution in [-0.2, 0) is 4.79 Å². The number of thioether (sulfide) groups is 1. The number of nitrogens with zero attached hydrogens (tertiary/aromatic N) is 3. The van der Waals surface area contributed by atoms with Gasteiger partial charge in [-0.3, -0.25) is 14.7 Å². The van der Waals surface area contributed by atoms with Crippen LogP contribution in [0.4, 0.5) is 10.1 Å². The van der Waals surface area contributed by atoms with E-state index < -0.39 is 5.82 Å². The minimum Gasteiger partial charge on any atom is -0.333 e. The molecule has 3 rings (SSSR count). The normalized spacial score (nSPS) is 23.3. The molecular formula is C19H25ClFN3OS. The molecule has 1 saturated carbocycles. The predicted molar refractivity (Wildman–Crippen MR) is 108 cm³/mol. The molecule has 1 unspecified atom stereocenters. The summed E-state index contributed by atoms with van der Waals surface area (Å²) < 4.78 is 14.4. The molecule has 7 heteroatoms. The Bertz CT molecular complexity index is 691. The number of aliphatic imine (C=N–C) groups is 1. The van der Waals surface area contributed by atoms with E-state index in [0.29, 0.717) is 16.8 Å². The van der Waals surface area contributed by atoms with Crippen LogP contribution < -0.4 is 4.90 Å². The highest BCUT2D eigenvalue weighted by atomic mass is 35.5. The van der Waals surface area contributed by atoms with Crippen LogP contribution in [-0.4, -0.2) is 41.0 Å². The molecule has 1 atom stereocenters. The van der Waals surface area contributed by atoms with E-state index in [1.54, 1.807) is 23.9 Å². The maximum atomic E-state index is 14.4. The van der Waals surface area contributed by atoms with Crippen LogP contribution in [0.15, 0.2) is 23.2 Å². The van der Waals surface area contributed by atoms with Gasteiger partial charge in [-0.25, -0.2) is 4.39 Å². The summed E-state index contributed by atoms with van der Waals surface area (Å²) in [5.41, 5.74) is 0.259. The van der Waals surface area contributed by atoms with Crippen molar-refractivity contribution in [2.24, 2.45) is 4.99 Å². The average molecular weight is 398 g/mol. The van der Waals surface area contributed by atoms with E-state index in [1.165, 1.54) is 43.6 Å². The molecule has 1 aliphatic heterocycles. The monoisotopic (exact) mass is 397 g/mol. The number of hydrogen-bond acceptors (Lipinski definition) is 3. The number of benzene rings is 1. The Labute approximate surface area is 163 Å². The Balaban J connectivity index is 1.82. The molecule has 1 aromatic rings. The summed E-state index contributed by atoms with van der Waals surface area (Å²) in [6.45, 7) is 1.47. The zero-order chi connectivity index (χ0) is 18.7. The number of amides is 1. The molecule has 0 aromatic heterocycles. The van der Waals surface area contributed by atoms with Gasteiger partial charge in [0.1, 0.15) is 12.0 Å². The Hall–Kier alpha value is -1.27. The second kappa shape index (κ2) is 8.61. The molecule has 0 radical (unpaired) electrons. The fourth-order valence-corrected chi connectivity index (χ4v) is 5.00. The van der Waals surface area contributed by atoms with Gasteiger partial charge >= 0.3 is 0 Å². The zero-order valence-corrected chi connectivity index (χ0v) is 16.8. The van der Waals surface area contributed by atoms with Crippen LogP contribution in [0.3, 0.4) is 0 Å². The maximum Gasteiger partial charge on any atom is 0.225 e. The summed E-state index contributed by atoms with van der Waals surface area (Å²) in [7, 11) is 1.93. The van der Waals surface area contributed by atoms with Gasteiger partial charge in [-0.15, -0.1) is 0 Å². The van der Waals surface area contributed by atoms with Gasteiger partial charge in [0.15, 0.2) is 5.17 Å². The van der Waals surface area contributed by atoms with Gasteiger partial charge in [0.2, 0.25) is 5.91 Å². The quantitative estimate of drug-likeness (QED) is 0.679. The van der Waals surface area contributed by atoms with Gasteiger partial charge in [-0.1, -0.05) is 49.0 Å². The van der Waals surface area contributed by atoms with Gasteiger partial charge in [-0.2, -0.15) is 0 Å². The van der Waals surface area contributed by atoms with E-state index >= 15 is 0 Å². The van der Waals surface area contributed by atoms with Crippen LogP contribution >= 0.6 is 23.4 Å². The summed E-state index contributed by atoms with van der Waals surface area (Å²) >= 11 is 7.50. The Kier molecular flexibility index (Phi) is 6.46. The van der Waals surface area contributed by atoms with Crippen molar-refractivity contribution in [2.45, 2.75) is 57.7 Å². The van der Waals surface area contributed by atoms with Gasteiger partial charge in [0.05, 0.1) is 11.7 Å². The molecule has 2 aliphatic rings. The fourth-order valence-electron chi connectivity index (χ4n) is 3.63. The number of halogens is 2. The lowest BCUT2D eigenvalue weighted by Crippen LogP contribution is -2.48. The largest absolute Gasteiger partial charge is 0.333 e. The van der Waals surface area contributed by atoms with Crippen LogP contribution in [0.5, 0.6) is 0 Å². The number of carbonyl (C=O) groups is 1. The fraction of sp³-hybridized carbons (Fsp3) is 0.579. The smallest absolute Gasteiger partial charge is 0.225 e. The number of amidine groups is 1. The van der Waals surface area contributed by atoms with Gasteiger partial charge in [0.25, 0.3) is 0 Å². The molecule has 142 valence electrons. The highest BCUT2D eigenvalue weighted by Gasteiger charge is 2.36. The standard InChI is InChI=1S/C19H25ClFN3OS/c1-13(25)24(17-10-9-14(20)11-16(17)21)18-12-26-19(23(18)2)22-15-7-5-3-4-6-8-15/h9-11,15,18H,3-8,12H2,1-2H3. The molecule has 4 nitrogen and oxygen atoms in total. The maximum absolute atomic E-state index is 14.4. The first kappa shape index (κ1) is 19.5. The molecule has 1 aromatic carbocycles. The third kappa shape index (κ3) is 4.34. The van der Waals surface area contributed by atoms with Gasteiger partial charge in [-0.05, 0) is 31.0 Å². The molecule has 26 heavy (non-hydrogen) atoms. The average Bonchev–Trinajstić information content (AvgIpc) is 2.79. The Morgan fingerprint density at radius 3 is 2.62 bits per heavy atom. The second-order valence-corrected chi connectivity index (χ2v) is 8.37. The third-order valence-electron chi connectivity index (χ3n) is 5.03. The molecule has 0 bridgehead atoms. The van der Waals surface area contributed by atoms with Crippen LogP contribution in [0.25, 0.3) is 0 Å². The predicted octanol–water partition coefficient (Wildman–Crippen LogP) is 4.92. The molecule has 0 spiro atoms. The first-order chi connectivity index (χ1) is 12.5. The van der Waals surface area contributed by atoms with E-state index in [0.717, 1.165) is 18.0 Å². The van der Waals surface area contributed by atoms with Crippen molar-refractivity contribution in [3.8, 4) is 0 Å². The topological polar surface area (TPSA) is 35.9 Å². The number of carbonyl (C=O) groups excluding carboxylic acids is 1. The van der Waals surface area contributed by atoms with E-state index in [4.69, 9.17) is 16.6 Å². The molecule has 1 aliphatic carbocycles. The van der Waals surface area contributed by atoms with Crippen LogP contribution in [0, 0.1) is 5.82 Å². The third-order valence-corrected chi connectivity index (χ3v) is 6.39. The summed E-state index contributed by atoms with van der Waals surface area (Å²) in [6, 6.07) is 4.78. The van der Waals surface area contributed by atoms with Gasteiger partial charge in [0, 0.05) is 24.7 Å². The van der Waals surface area contributed by atoms with E-state index in [-0.39, 0.29) is 17.8 Å². The van der Waals surface area contributed by atoms with Crippen molar-refractivity contribution < 1.29 is 9.18 Å². The van der Waals surface area contributed by atoms with Gasteiger partial charge < -0.3 is 4.90 Å². The van der Waals surface area contributed by atoms with Crippen molar-refractivity contribution in [2.75, 3.05) is 17.7 Å². The van der Waals surface area contributed by atoms with E-state index in [2.05, 4.69) is 0 Å². The molecule has 2 fully saturated rings. The lowest BCUT2D eigenvalue weighted by Gasteiger charge is -2.33. The molecule has 1 amide bonds. The summed E-state index contributed by atoms with van der Waals surface area (Å²) in [4.78, 5) is 20.8. The minimum atomic E-state index is -0.486. The first-order valence-corrected chi connectivity index (χ1v) is 10.5. The molecular weight excluding hydrogens is 373 g/mol. The van der Waals surface area contributed by atoms with Crippen molar-refractivity contribution in [3.05, 3.63) is 29.0 Å². The van der Waals surface area contributed by atoms with E-state index in [9.17, 15) is 9.18 Å².